The number of amides is 1. The summed E-state index contributed by atoms with van der Waals surface area (Å²) >= 11 is 5.81. The van der Waals surface area contributed by atoms with Gasteiger partial charge in [-0.25, -0.2) is 13.6 Å². The number of nitrogens with one attached hydrogen (secondary N) is 1. The Kier molecular flexibility index (Phi) is 5.69. The molecule has 0 heterocycles. The van der Waals surface area contributed by atoms with Crippen LogP contribution in [0.3, 0.4) is 0 Å². The van der Waals surface area contributed by atoms with E-state index in [4.69, 9.17) is 16.7 Å². The van der Waals surface area contributed by atoms with Crippen LogP contribution in [0.5, 0.6) is 0 Å². The average molecular weight is 339 g/mol. The molecule has 1 amide bonds. The van der Waals surface area contributed by atoms with Gasteiger partial charge in [-0.15, -0.1) is 0 Å². The Hall–Kier alpha value is -0.960. The van der Waals surface area contributed by atoms with Crippen LogP contribution >= 0.6 is 11.6 Å². The second-order valence-corrected chi connectivity index (χ2v) is 7.68. The summed E-state index contributed by atoms with van der Waals surface area (Å²) in [6, 6.07) is 2.56. The van der Waals surface area contributed by atoms with Crippen molar-refractivity contribution in [3.05, 3.63) is 28.3 Å². The number of hydrogen-bond donors (Lipinski definition) is 2. The molecule has 20 heavy (non-hydrogen) atoms. The number of sulfonamides is 1. The predicted molar refractivity (Wildman–Crippen MR) is 78.8 cm³/mol. The zero-order chi connectivity index (χ0) is 15.5. The lowest BCUT2D eigenvalue weighted by Crippen LogP contribution is -2.28. The van der Waals surface area contributed by atoms with Gasteiger partial charge >= 0.3 is 0 Å². The zero-order valence-corrected chi connectivity index (χ0v) is 13.4. The van der Waals surface area contributed by atoms with Gasteiger partial charge in [0.15, 0.2) is 0 Å². The van der Waals surface area contributed by atoms with Crippen molar-refractivity contribution in [2.45, 2.75) is 11.8 Å². The highest BCUT2D eigenvalue weighted by molar-refractivity contribution is 7.89. The number of halogens is 1. The lowest BCUT2D eigenvalue weighted by molar-refractivity contribution is 0.0955. The standard InChI is InChI=1S/C11H15ClN2O4S2/c1-7-9(11(15)14-3-4-19(2)16)5-8(12)6-10(7)20(13,17)18/h5-6H,3-4H2,1-2H3,(H,14,15)(H2,13,17,18). The van der Waals surface area contributed by atoms with E-state index in [1.54, 1.807) is 0 Å². The van der Waals surface area contributed by atoms with E-state index in [1.165, 1.54) is 25.3 Å². The largest absolute Gasteiger partial charge is 0.351 e. The van der Waals surface area contributed by atoms with Crippen molar-refractivity contribution in [1.82, 2.24) is 5.32 Å². The van der Waals surface area contributed by atoms with Crippen LogP contribution in [0, 0.1) is 6.92 Å². The fourth-order valence-corrected chi connectivity index (χ4v) is 3.09. The molecule has 1 unspecified atom stereocenters. The van der Waals surface area contributed by atoms with Crippen LogP contribution in [0.1, 0.15) is 15.9 Å². The molecule has 6 nitrogen and oxygen atoms in total. The Morgan fingerprint density at radius 3 is 2.55 bits per heavy atom. The number of carbonyl (C=O) groups excluding carboxylic acids is 1. The van der Waals surface area contributed by atoms with Crippen LogP contribution in [0.25, 0.3) is 0 Å². The molecule has 0 saturated carbocycles. The van der Waals surface area contributed by atoms with Crippen LogP contribution in [0.2, 0.25) is 5.02 Å². The van der Waals surface area contributed by atoms with Crippen LogP contribution in [-0.2, 0) is 20.8 Å². The molecule has 0 aliphatic heterocycles. The van der Waals surface area contributed by atoms with E-state index in [-0.39, 0.29) is 27.6 Å². The van der Waals surface area contributed by atoms with Gasteiger partial charge in [0.2, 0.25) is 10.0 Å². The van der Waals surface area contributed by atoms with E-state index in [0.717, 1.165) is 0 Å². The summed E-state index contributed by atoms with van der Waals surface area (Å²) in [5, 5.41) is 7.73. The van der Waals surface area contributed by atoms with Crippen LogP contribution in [-0.4, -0.2) is 37.1 Å². The molecule has 9 heteroatoms. The maximum absolute atomic E-state index is 12.0. The van der Waals surface area contributed by atoms with Crippen molar-refractivity contribution in [2.24, 2.45) is 5.14 Å². The molecule has 0 fully saturated rings. The minimum atomic E-state index is -3.96. The Bertz CT molecular complexity index is 659. The molecule has 3 N–H and O–H groups in total. The fourth-order valence-electron chi connectivity index (χ4n) is 1.59. The van der Waals surface area contributed by atoms with E-state index >= 15 is 0 Å². The van der Waals surface area contributed by atoms with E-state index in [9.17, 15) is 17.4 Å². The van der Waals surface area contributed by atoms with E-state index in [1.807, 2.05) is 0 Å². The summed E-state index contributed by atoms with van der Waals surface area (Å²) in [6.07, 6.45) is 1.52. The topological polar surface area (TPSA) is 106 Å². The van der Waals surface area contributed by atoms with Gasteiger partial charge in [0.05, 0.1) is 4.90 Å². The van der Waals surface area contributed by atoms with Crippen molar-refractivity contribution >= 4 is 38.3 Å². The van der Waals surface area contributed by atoms with Gasteiger partial charge < -0.3 is 5.32 Å². The number of nitrogens with two attached hydrogens (primary N) is 1. The lowest BCUT2D eigenvalue weighted by Gasteiger charge is -2.11. The molecule has 0 aromatic heterocycles. The first-order valence-corrected chi connectivity index (χ1v) is 9.19. The Balaban J connectivity index is 3.10. The maximum Gasteiger partial charge on any atom is 0.251 e. The van der Waals surface area contributed by atoms with Crippen LogP contribution < -0.4 is 10.5 Å². The molecule has 1 aromatic carbocycles. The second kappa shape index (κ2) is 6.66. The van der Waals surface area contributed by atoms with Gasteiger partial charge in [0.25, 0.3) is 5.91 Å². The maximum atomic E-state index is 12.0. The van der Waals surface area contributed by atoms with Gasteiger partial charge in [-0.2, -0.15) is 0 Å². The quantitative estimate of drug-likeness (QED) is 0.810. The molecule has 0 aliphatic rings. The molecule has 0 aliphatic carbocycles. The van der Waals surface area contributed by atoms with Gasteiger partial charge in [-0.05, 0) is 24.6 Å². The van der Waals surface area contributed by atoms with Crippen molar-refractivity contribution in [1.29, 1.82) is 0 Å². The highest BCUT2D eigenvalue weighted by Gasteiger charge is 2.19. The number of rotatable bonds is 5. The summed E-state index contributed by atoms with van der Waals surface area (Å²) in [7, 11) is -4.98. The summed E-state index contributed by atoms with van der Waals surface area (Å²) in [5.74, 6) is -0.173. The zero-order valence-electron chi connectivity index (χ0n) is 11.0. The number of benzene rings is 1. The third-order valence-electron chi connectivity index (χ3n) is 2.55. The summed E-state index contributed by atoms with van der Waals surface area (Å²) in [6.45, 7) is 1.70. The van der Waals surface area contributed by atoms with E-state index in [2.05, 4.69) is 5.32 Å². The van der Waals surface area contributed by atoms with Gasteiger partial charge in [-0.3, -0.25) is 9.00 Å². The highest BCUT2D eigenvalue weighted by atomic mass is 35.5. The van der Waals surface area contributed by atoms with E-state index in [0.29, 0.717) is 5.75 Å². The first kappa shape index (κ1) is 17.1. The van der Waals surface area contributed by atoms with Crippen molar-refractivity contribution < 1.29 is 17.4 Å². The third kappa shape index (κ3) is 4.55. The summed E-state index contributed by atoms with van der Waals surface area (Å²) in [5.41, 5.74) is 0.357. The molecule has 112 valence electrons. The molecule has 0 bridgehead atoms. The smallest absolute Gasteiger partial charge is 0.251 e. The fraction of sp³-hybridized carbons (Fsp3) is 0.364. The molecular weight excluding hydrogens is 324 g/mol. The minimum absolute atomic E-state index is 0.101. The monoisotopic (exact) mass is 338 g/mol. The molecule has 0 radical (unpaired) electrons. The van der Waals surface area contributed by atoms with Gasteiger partial charge in [-0.1, -0.05) is 11.6 Å². The molecular formula is C11H15ClN2O4S2. The van der Waals surface area contributed by atoms with Gasteiger partial charge in [0.1, 0.15) is 0 Å². The number of carbonyl (C=O) groups is 1. The van der Waals surface area contributed by atoms with Crippen LogP contribution in [0.4, 0.5) is 0 Å². The minimum Gasteiger partial charge on any atom is -0.351 e. The number of primary sulfonamides is 1. The molecule has 0 spiro atoms. The van der Waals surface area contributed by atoms with Gasteiger partial charge in [0, 0.05) is 39.9 Å². The van der Waals surface area contributed by atoms with Crippen molar-refractivity contribution in [3.8, 4) is 0 Å². The average Bonchev–Trinajstić information content (AvgIpc) is 2.29. The predicted octanol–water partition coefficient (Wildman–Crippen LogP) is 0.404. The first-order chi connectivity index (χ1) is 9.12. The normalized spacial score (nSPS) is 13.0. The summed E-state index contributed by atoms with van der Waals surface area (Å²) in [4.78, 5) is 11.8. The van der Waals surface area contributed by atoms with Crippen molar-refractivity contribution in [2.75, 3.05) is 18.6 Å². The Morgan fingerprint density at radius 2 is 2.05 bits per heavy atom. The molecule has 0 saturated heterocycles. The lowest BCUT2D eigenvalue weighted by atomic mass is 10.1. The first-order valence-electron chi connectivity index (χ1n) is 5.54. The SMILES string of the molecule is Cc1c(C(=O)NCCS(C)=O)cc(Cl)cc1S(N)(=O)=O. The van der Waals surface area contributed by atoms with Crippen molar-refractivity contribution in [3.63, 3.8) is 0 Å². The Morgan fingerprint density at radius 1 is 1.45 bits per heavy atom. The third-order valence-corrected chi connectivity index (χ3v) is 4.59. The molecule has 1 aromatic rings. The highest BCUT2D eigenvalue weighted by Crippen LogP contribution is 2.23. The summed E-state index contributed by atoms with van der Waals surface area (Å²) < 4.78 is 33.8. The van der Waals surface area contributed by atoms with E-state index < -0.39 is 26.7 Å². The second-order valence-electron chi connectivity index (χ2n) is 4.15. The Labute approximate surface area is 125 Å². The number of hydrogen-bond acceptors (Lipinski definition) is 4. The van der Waals surface area contributed by atoms with Crippen LogP contribution in [0.15, 0.2) is 17.0 Å². The molecule has 1 rings (SSSR count). The molecule has 1 atom stereocenters.